The zero-order chi connectivity index (χ0) is 41.7. The molecule has 3 saturated carbocycles. The van der Waals surface area contributed by atoms with Gasteiger partial charge in [0.1, 0.15) is 35.6 Å². The van der Waals surface area contributed by atoms with Gasteiger partial charge in [-0.25, -0.2) is 27.0 Å². The van der Waals surface area contributed by atoms with E-state index in [4.69, 9.17) is 19.2 Å². The number of fused-ring (bicyclic) bond motifs is 5. The number of halogens is 2. The molecule has 8 atom stereocenters. The van der Waals surface area contributed by atoms with Gasteiger partial charge in [0.25, 0.3) is 5.91 Å². The van der Waals surface area contributed by atoms with Gasteiger partial charge in [0.05, 0.1) is 30.3 Å². The number of rotatable bonds is 7. The van der Waals surface area contributed by atoms with Crippen molar-refractivity contribution in [3.05, 3.63) is 29.8 Å². The van der Waals surface area contributed by atoms with E-state index in [1.165, 1.54) is 4.90 Å². The second-order valence-corrected chi connectivity index (χ2v) is 20.1. The Morgan fingerprint density at radius 1 is 1.05 bits per heavy atom. The molecule has 0 radical (unpaired) electrons. The summed E-state index contributed by atoms with van der Waals surface area (Å²) in [6.45, 7) is 7.27. The Bertz CT molecular complexity index is 2040. The monoisotopic (exact) mass is 831 g/mol. The Morgan fingerprint density at radius 3 is 2.48 bits per heavy atom. The van der Waals surface area contributed by atoms with Crippen molar-refractivity contribution in [2.75, 3.05) is 13.7 Å². The summed E-state index contributed by atoms with van der Waals surface area (Å²) < 4.78 is 73.8. The third kappa shape index (κ3) is 8.83. The minimum Gasteiger partial charge on any atom is -0.497 e. The number of alkyl halides is 2. The van der Waals surface area contributed by atoms with Gasteiger partial charge in [-0.2, -0.15) is 0 Å². The smallest absolute Gasteiger partial charge is 0.408 e. The normalized spacial score (nSPS) is 30.9. The fraction of sp³-hybridized carbons (Fsp3) is 0.683. The second kappa shape index (κ2) is 16.1. The summed E-state index contributed by atoms with van der Waals surface area (Å²) in [5.74, 6) is -3.02. The molecule has 4 amide bonds. The van der Waals surface area contributed by atoms with Crippen LogP contribution >= 0.6 is 0 Å². The van der Waals surface area contributed by atoms with E-state index >= 15 is 0 Å². The standard InChI is InChI=1S/C41H55F2N5O9S/c1-22-15-24-9-7-6-8-10-25-17-23-11-12-26(55-5)18-30(23)44-36(25)56-27-19-31(48(21-27)37(50)33(40(2,3)4)45-39(52)57-32(24)16-22)35(49)46-41(20-29(41)34(42)43)38(51)47-58(53,54)28-13-14-28/h11-12,17-18,22,24,27-29,31-34H,6-10,13-16,19-21H2,1-5H3,(H,45,52)(H,46,49)(H,47,51)/t22-,24-,27-,29+,31+,32-,33-,41-/m1/s1. The van der Waals surface area contributed by atoms with Gasteiger partial charge in [-0.15, -0.1) is 0 Å². The summed E-state index contributed by atoms with van der Waals surface area (Å²) in [7, 11) is -2.57. The Balaban J connectivity index is 1.23. The molecule has 2 aliphatic heterocycles. The van der Waals surface area contributed by atoms with Gasteiger partial charge in [0.2, 0.25) is 34.1 Å². The highest BCUT2D eigenvalue weighted by Crippen LogP contribution is 2.48. The second-order valence-electron chi connectivity index (χ2n) is 18.1. The first-order valence-electron chi connectivity index (χ1n) is 20.5. The maximum atomic E-state index is 14.7. The van der Waals surface area contributed by atoms with E-state index < -0.39 is 87.0 Å². The molecule has 7 rings (SSSR count). The van der Waals surface area contributed by atoms with Crippen molar-refractivity contribution >= 4 is 44.7 Å². The van der Waals surface area contributed by atoms with Gasteiger partial charge in [0.15, 0.2) is 0 Å². The van der Waals surface area contributed by atoms with Crippen LogP contribution < -0.4 is 24.8 Å². The molecule has 1 saturated heterocycles. The van der Waals surface area contributed by atoms with Crippen LogP contribution in [0.25, 0.3) is 10.9 Å². The SMILES string of the molecule is COc1ccc2cc3c(nc2c1)O[C@@H]1C[C@@H](C(=O)N[C@]2(C(=O)NS(=O)(=O)C4CC4)C[C@H]2C(F)F)N(C1)C(=O)[C@H](C(C)(C)C)NC(=O)O[C@@H]1C[C@H](C)C[C@H]1CCCCC3. The number of hydrogen-bond donors (Lipinski definition) is 3. The Labute approximate surface area is 337 Å². The van der Waals surface area contributed by atoms with Crippen LogP contribution in [0.1, 0.15) is 97.5 Å². The molecule has 3 N–H and O–H groups in total. The molecule has 4 fully saturated rings. The number of carbonyl (C=O) groups excluding carboxylic acids is 4. The van der Waals surface area contributed by atoms with E-state index in [9.17, 15) is 36.4 Å². The third-order valence-electron chi connectivity index (χ3n) is 12.5. The number of nitrogens with one attached hydrogen (secondary N) is 3. The lowest BCUT2D eigenvalue weighted by molar-refractivity contribution is -0.143. The highest BCUT2D eigenvalue weighted by atomic mass is 32.2. The van der Waals surface area contributed by atoms with Gasteiger partial charge in [-0.3, -0.25) is 19.1 Å². The first-order valence-corrected chi connectivity index (χ1v) is 22.0. The van der Waals surface area contributed by atoms with E-state index in [-0.39, 0.29) is 25.0 Å². The van der Waals surface area contributed by atoms with E-state index in [1.807, 2.05) is 22.9 Å². The number of amides is 4. The van der Waals surface area contributed by atoms with Crippen LogP contribution in [-0.2, 0) is 35.6 Å². The zero-order valence-electron chi connectivity index (χ0n) is 33.7. The van der Waals surface area contributed by atoms with Crippen LogP contribution in [0.2, 0.25) is 0 Å². The summed E-state index contributed by atoms with van der Waals surface area (Å²) in [5, 5.41) is 5.32. The highest BCUT2D eigenvalue weighted by molar-refractivity contribution is 7.91. The Morgan fingerprint density at radius 2 is 1.81 bits per heavy atom. The average Bonchev–Trinajstić information content (AvgIpc) is 4.06. The number of nitrogens with zero attached hydrogens (tertiary/aromatic N) is 2. The quantitative estimate of drug-likeness (QED) is 0.343. The largest absolute Gasteiger partial charge is 0.497 e. The average molecular weight is 832 g/mol. The molecule has 0 spiro atoms. The molecule has 3 aliphatic carbocycles. The molecule has 58 heavy (non-hydrogen) atoms. The number of pyridine rings is 1. The van der Waals surface area contributed by atoms with Crippen LogP contribution in [0.15, 0.2) is 24.3 Å². The minimum absolute atomic E-state index is 0.116. The third-order valence-corrected chi connectivity index (χ3v) is 14.3. The van der Waals surface area contributed by atoms with Gasteiger partial charge in [0, 0.05) is 23.4 Å². The molecule has 0 unspecified atom stereocenters. The first kappa shape index (κ1) is 41.9. The molecule has 1 aromatic carbocycles. The summed E-state index contributed by atoms with van der Waals surface area (Å²) in [6.07, 6.45) is 0.927. The van der Waals surface area contributed by atoms with Crippen molar-refractivity contribution in [3.63, 3.8) is 0 Å². The van der Waals surface area contributed by atoms with Crippen molar-refractivity contribution in [2.24, 2.45) is 23.2 Å². The van der Waals surface area contributed by atoms with Crippen LogP contribution in [-0.4, -0.2) is 97.3 Å². The molecular weight excluding hydrogens is 777 g/mol. The van der Waals surface area contributed by atoms with Crippen LogP contribution in [0, 0.1) is 23.2 Å². The summed E-state index contributed by atoms with van der Waals surface area (Å²) in [5.41, 5.74) is -1.65. The molecule has 3 heterocycles. The molecule has 2 bridgehead atoms. The number of aryl methyl sites for hydroxylation is 1. The van der Waals surface area contributed by atoms with Crippen molar-refractivity contribution < 1.29 is 50.6 Å². The van der Waals surface area contributed by atoms with E-state index in [1.54, 1.807) is 33.9 Å². The molecule has 17 heteroatoms. The zero-order valence-corrected chi connectivity index (χ0v) is 34.5. The molecule has 2 aromatic rings. The summed E-state index contributed by atoms with van der Waals surface area (Å²) in [6, 6.07) is 5.02. The van der Waals surface area contributed by atoms with Gasteiger partial charge < -0.3 is 29.7 Å². The van der Waals surface area contributed by atoms with E-state index in [2.05, 4.69) is 17.6 Å². The summed E-state index contributed by atoms with van der Waals surface area (Å²) in [4.78, 5) is 62.3. The topological polar surface area (TPSA) is 182 Å². The number of hydrogen-bond acceptors (Lipinski definition) is 10. The molecule has 318 valence electrons. The first-order chi connectivity index (χ1) is 27.4. The van der Waals surface area contributed by atoms with Crippen LogP contribution in [0.5, 0.6) is 11.6 Å². The van der Waals surface area contributed by atoms with Gasteiger partial charge in [-0.05, 0) is 86.8 Å². The van der Waals surface area contributed by atoms with Gasteiger partial charge in [-0.1, -0.05) is 40.5 Å². The van der Waals surface area contributed by atoms with Gasteiger partial charge >= 0.3 is 6.09 Å². The molecule has 5 aliphatic rings. The van der Waals surface area contributed by atoms with E-state index in [0.29, 0.717) is 48.7 Å². The molecular formula is C41H55F2N5O9S. The van der Waals surface area contributed by atoms with Crippen molar-refractivity contribution in [3.8, 4) is 11.6 Å². The number of aromatic nitrogens is 1. The Hall–Kier alpha value is -4.28. The highest BCUT2D eigenvalue weighted by Gasteiger charge is 2.67. The Kier molecular flexibility index (Phi) is 11.6. The number of ether oxygens (including phenoxy) is 3. The van der Waals surface area contributed by atoms with Crippen molar-refractivity contribution in [1.82, 2.24) is 25.2 Å². The number of methoxy groups -OCH3 is 1. The fourth-order valence-electron chi connectivity index (χ4n) is 8.96. The predicted octanol–water partition coefficient (Wildman–Crippen LogP) is 5.01. The molecule has 14 nitrogen and oxygen atoms in total. The van der Waals surface area contributed by atoms with Crippen LogP contribution in [0.3, 0.4) is 0 Å². The summed E-state index contributed by atoms with van der Waals surface area (Å²) >= 11 is 0. The maximum absolute atomic E-state index is 14.7. The fourth-order valence-corrected chi connectivity index (χ4v) is 10.3. The van der Waals surface area contributed by atoms with Crippen LogP contribution in [0.4, 0.5) is 13.6 Å². The molecule has 1 aromatic heterocycles. The number of benzene rings is 1. The lowest BCUT2D eigenvalue weighted by Gasteiger charge is -2.35. The predicted molar refractivity (Wildman–Crippen MR) is 209 cm³/mol. The number of sulfonamides is 1. The maximum Gasteiger partial charge on any atom is 0.408 e. The van der Waals surface area contributed by atoms with Crippen molar-refractivity contribution in [2.45, 2.75) is 140 Å². The van der Waals surface area contributed by atoms with Crippen molar-refractivity contribution in [1.29, 1.82) is 0 Å². The lowest BCUT2D eigenvalue weighted by Crippen LogP contribution is -2.60. The van der Waals surface area contributed by atoms with E-state index in [0.717, 1.165) is 43.1 Å². The number of alkyl carbamates (subject to hydrolysis) is 1. The lowest BCUT2D eigenvalue weighted by atomic mass is 9.85. The minimum atomic E-state index is -4.13. The number of carbonyl (C=O) groups is 4.